The van der Waals surface area contributed by atoms with Crippen LogP contribution in [0.2, 0.25) is 5.15 Å². The zero-order chi connectivity index (χ0) is 27.1. The van der Waals surface area contributed by atoms with E-state index in [0.29, 0.717) is 25.2 Å². The van der Waals surface area contributed by atoms with Crippen LogP contribution < -0.4 is 0 Å². The molecule has 0 aliphatic rings. The molecule has 0 saturated heterocycles. The maximum absolute atomic E-state index is 14.2. The number of nitro groups is 1. The Balaban J connectivity index is 1.80. The number of nitro benzene ring substituents is 1. The molecule has 2 aromatic heterocycles. The van der Waals surface area contributed by atoms with Crippen LogP contribution in [0.3, 0.4) is 0 Å². The Morgan fingerprint density at radius 1 is 1.08 bits per heavy atom. The molecular formula is C26H27ClF3N5O2. The van der Waals surface area contributed by atoms with Gasteiger partial charge in [-0.25, -0.2) is 4.98 Å². The molecule has 196 valence electrons. The van der Waals surface area contributed by atoms with E-state index in [9.17, 15) is 23.3 Å². The molecule has 0 radical (unpaired) electrons. The Morgan fingerprint density at radius 2 is 1.70 bits per heavy atom. The molecule has 2 heterocycles. The van der Waals surface area contributed by atoms with Crippen molar-refractivity contribution in [3.63, 3.8) is 0 Å². The van der Waals surface area contributed by atoms with Gasteiger partial charge in [0, 0.05) is 31.4 Å². The Morgan fingerprint density at radius 3 is 2.24 bits per heavy atom. The summed E-state index contributed by atoms with van der Waals surface area (Å²) >= 11 is 6.59. The van der Waals surface area contributed by atoms with Gasteiger partial charge in [-0.2, -0.15) is 13.2 Å². The number of nitrogens with zero attached hydrogens (tertiary/aromatic N) is 5. The van der Waals surface area contributed by atoms with Gasteiger partial charge < -0.3 is 0 Å². The van der Waals surface area contributed by atoms with Gasteiger partial charge in [0.1, 0.15) is 5.15 Å². The highest BCUT2D eigenvalue weighted by atomic mass is 35.5. The number of imidazole rings is 2. The highest BCUT2D eigenvalue weighted by Gasteiger charge is 2.39. The topological polar surface area (TPSA) is 68.6 Å². The zero-order valence-electron chi connectivity index (χ0n) is 20.9. The first-order valence-electron chi connectivity index (χ1n) is 11.8. The van der Waals surface area contributed by atoms with E-state index in [1.807, 2.05) is 44.7 Å². The van der Waals surface area contributed by atoms with Gasteiger partial charge in [0.15, 0.2) is 5.69 Å². The van der Waals surface area contributed by atoms with Crippen molar-refractivity contribution in [2.75, 3.05) is 6.54 Å². The van der Waals surface area contributed by atoms with Crippen LogP contribution in [-0.2, 0) is 19.3 Å². The molecule has 0 aliphatic carbocycles. The number of halogens is 4. The molecular weight excluding hydrogens is 507 g/mol. The highest BCUT2D eigenvalue weighted by Crippen LogP contribution is 2.36. The number of hydrogen-bond acceptors (Lipinski definition) is 4. The number of alkyl halides is 3. The number of aryl methyl sites for hydroxylation is 3. The summed E-state index contributed by atoms with van der Waals surface area (Å²) in [6, 6.07) is 9.93. The van der Waals surface area contributed by atoms with Crippen molar-refractivity contribution in [1.29, 1.82) is 0 Å². The molecule has 11 heteroatoms. The largest absolute Gasteiger partial charge is 0.435 e. The van der Waals surface area contributed by atoms with Crippen LogP contribution in [0, 0.1) is 30.9 Å². The van der Waals surface area contributed by atoms with Gasteiger partial charge in [-0.15, -0.1) is 0 Å². The second-order valence-electron chi connectivity index (χ2n) is 9.24. The average molecular weight is 534 g/mol. The van der Waals surface area contributed by atoms with E-state index in [0.717, 1.165) is 22.3 Å². The predicted octanol–water partition coefficient (Wildman–Crippen LogP) is 7.04. The quantitative estimate of drug-likeness (QED) is 0.180. The molecule has 4 rings (SSSR count). The van der Waals surface area contributed by atoms with Crippen molar-refractivity contribution in [2.45, 2.75) is 53.4 Å². The lowest BCUT2D eigenvalue weighted by Crippen LogP contribution is -2.26. The molecule has 0 saturated carbocycles. The van der Waals surface area contributed by atoms with Gasteiger partial charge in [0.25, 0.3) is 5.69 Å². The fourth-order valence-corrected chi connectivity index (χ4v) is 5.10. The molecule has 2 aromatic carbocycles. The standard InChI is InChI=1S/C26H27ClF3N5O2/c1-5-10-32(13-19-6-8-20(9-7-19)35(36)37)14-21-24(26(28,29)30)31-25-33(21)15-22(27)34(25)23-17(3)11-16(2)12-18(23)4/h6-9,11-12,15H,5,10,13-14H2,1-4H3. The monoisotopic (exact) mass is 533 g/mol. The van der Waals surface area contributed by atoms with Gasteiger partial charge in [-0.3, -0.25) is 24.0 Å². The van der Waals surface area contributed by atoms with Crippen molar-refractivity contribution >= 4 is 23.1 Å². The SMILES string of the molecule is CCCN(Cc1ccc([N+](=O)[O-])cc1)Cc1c(C(F)(F)F)nc2n(-c3c(C)cc(C)cc3C)c(Cl)cn12. The van der Waals surface area contributed by atoms with Crippen molar-refractivity contribution in [2.24, 2.45) is 0 Å². The average Bonchev–Trinajstić information content (AvgIpc) is 3.29. The summed E-state index contributed by atoms with van der Waals surface area (Å²) in [4.78, 5) is 16.4. The number of benzene rings is 2. The second-order valence-corrected chi connectivity index (χ2v) is 9.63. The maximum atomic E-state index is 14.2. The smallest absolute Gasteiger partial charge is 0.293 e. The fraction of sp³-hybridized carbons (Fsp3) is 0.346. The van der Waals surface area contributed by atoms with Crippen LogP contribution in [0.1, 0.15) is 47.0 Å². The summed E-state index contributed by atoms with van der Waals surface area (Å²) < 4.78 is 45.6. The summed E-state index contributed by atoms with van der Waals surface area (Å²) in [5, 5.41) is 11.2. The lowest BCUT2D eigenvalue weighted by molar-refractivity contribution is -0.384. The highest BCUT2D eigenvalue weighted by molar-refractivity contribution is 6.30. The van der Waals surface area contributed by atoms with E-state index in [1.54, 1.807) is 16.7 Å². The Bertz CT molecular complexity index is 1430. The molecule has 0 amide bonds. The first-order chi connectivity index (χ1) is 17.4. The summed E-state index contributed by atoms with van der Waals surface area (Å²) in [7, 11) is 0. The van der Waals surface area contributed by atoms with Crippen LogP contribution in [-0.4, -0.2) is 30.3 Å². The van der Waals surface area contributed by atoms with Crippen molar-refractivity contribution in [3.8, 4) is 5.69 Å². The third-order valence-electron chi connectivity index (χ3n) is 6.23. The fourth-order valence-electron chi connectivity index (χ4n) is 4.84. The van der Waals surface area contributed by atoms with E-state index in [2.05, 4.69) is 4.98 Å². The summed E-state index contributed by atoms with van der Waals surface area (Å²) in [6.07, 6.45) is -2.48. The summed E-state index contributed by atoms with van der Waals surface area (Å²) in [6.45, 7) is 8.49. The minimum Gasteiger partial charge on any atom is -0.293 e. The number of hydrogen-bond donors (Lipinski definition) is 0. The van der Waals surface area contributed by atoms with Crippen LogP contribution in [0.15, 0.2) is 42.6 Å². The Labute approximate surface area is 217 Å². The van der Waals surface area contributed by atoms with Crippen LogP contribution >= 0.6 is 11.6 Å². The van der Waals surface area contributed by atoms with Gasteiger partial charge in [-0.05, 0) is 50.4 Å². The molecule has 37 heavy (non-hydrogen) atoms. The van der Waals surface area contributed by atoms with E-state index in [-0.39, 0.29) is 28.9 Å². The molecule has 0 unspecified atom stereocenters. The van der Waals surface area contributed by atoms with E-state index >= 15 is 0 Å². The van der Waals surface area contributed by atoms with Crippen LogP contribution in [0.5, 0.6) is 0 Å². The molecule has 0 aliphatic heterocycles. The minimum absolute atomic E-state index is 0.0130. The Kier molecular flexibility index (Phi) is 7.34. The number of aromatic nitrogens is 3. The van der Waals surface area contributed by atoms with Gasteiger partial charge in [-0.1, -0.05) is 48.4 Å². The predicted molar refractivity (Wildman–Crippen MR) is 136 cm³/mol. The number of rotatable bonds is 8. The van der Waals surface area contributed by atoms with Gasteiger partial charge in [0.2, 0.25) is 5.78 Å². The lowest BCUT2D eigenvalue weighted by atomic mass is 10.1. The third kappa shape index (κ3) is 5.35. The maximum Gasteiger partial charge on any atom is 0.435 e. The zero-order valence-corrected chi connectivity index (χ0v) is 21.7. The number of non-ortho nitro benzene ring substituents is 1. The number of fused-ring (bicyclic) bond motifs is 1. The van der Waals surface area contributed by atoms with Crippen molar-refractivity contribution < 1.29 is 18.1 Å². The van der Waals surface area contributed by atoms with E-state index < -0.39 is 16.8 Å². The normalized spacial score (nSPS) is 12.1. The van der Waals surface area contributed by atoms with E-state index in [4.69, 9.17) is 11.6 Å². The Hall–Kier alpha value is -3.37. The summed E-state index contributed by atoms with van der Waals surface area (Å²) in [5.74, 6) is 0.0918. The van der Waals surface area contributed by atoms with Gasteiger partial charge >= 0.3 is 6.18 Å². The van der Waals surface area contributed by atoms with Crippen molar-refractivity contribution in [3.05, 3.63) is 91.5 Å². The lowest BCUT2D eigenvalue weighted by Gasteiger charge is -2.22. The van der Waals surface area contributed by atoms with Crippen LogP contribution in [0.25, 0.3) is 11.5 Å². The molecule has 0 spiro atoms. The molecule has 0 bridgehead atoms. The second kappa shape index (κ2) is 10.2. The minimum atomic E-state index is -4.67. The molecule has 7 nitrogen and oxygen atoms in total. The molecule has 0 fully saturated rings. The van der Waals surface area contributed by atoms with Crippen LogP contribution in [0.4, 0.5) is 18.9 Å². The first-order valence-corrected chi connectivity index (χ1v) is 12.2. The molecule has 4 aromatic rings. The van der Waals surface area contributed by atoms with Crippen molar-refractivity contribution in [1.82, 2.24) is 18.9 Å². The third-order valence-corrected chi connectivity index (χ3v) is 6.50. The first kappa shape index (κ1) is 26.7. The molecule has 0 N–H and O–H groups in total. The molecule has 0 atom stereocenters. The van der Waals surface area contributed by atoms with Gasteiger partial charge in [0.05, 0.1) is 16.3 Å². The summed E-state index contributed by atoms with van der Waals surface area (Å²) in [5.41, 5.74) is 3.24. The van der Waals surface area contributed by atoms with E-state index in [1.165, 1.54) is 22.7 Å².